The van der Waals surface area contributed by atoms with Crippen molar-refractivity contribution in [2.75, 3.05) is 6.61 Å². The van der Waals surface area contributed by atoms with Gasteiger partial charge >= 0.3 is 0 Å². The summed E-state index contributed by atoms with van der Waals surface area (Å²) < 4.78 is 56.6. The van der Waals surface area contributed by atoms with Gasteiger partial charge in [0, 0.05) is 11.6 Å². The molecule has 0 aromatic heterocycles. The maximum atomic E-state index is 15.1. The van der Waals surface area contributed by atoms with E-state index in [0.29, 0.717) is 35.0 Å². The first-order valence-electron chi connectivity index (χ1n) is 15.5. The minimum absolute atomic E-state index is 0.000379. The van der Waals surface area contributed by atoms with Crippen molar-refractivity contribution in [3.63, 3.8) is 0 Å². The van der Waals surface area contributed by atoms with Crippen LogP contribution < -0.4 is 4.74 Å². The lowest BCUT2D eigenvalue weighted by Crippen LogP contribution is -2.22. The quantitative estimate of drug-likeness (QED) is 0.234. The Balaban J connectivity index is 1.20. The van der Waals surface area contributed by atoms with Crippen LogP contribution in [0.15, 0.2) is 30.3 Å². The standard InChI is InChI=1S/C34H47F3O2/c1-3-4-5-6-7-8-21-38-29-18-15-27(32(35)22-29)23-39-28-16-13-26(14-17-28)31-20-19-30(33(36)34(31)37)25-11-9-24(2)10-12-25/h15,18-20,22,24-26,28H,3-14,16-17,21,23H2,1-2H3. The molecule has 0 atom stereocenters. The van der Waals surface area contributed by atoms with Crippen molar-refractivity contribution in [3.05, 3.63) is 64.5 Å². The van der Waals surface area contributed by atoms with E-state index in [1.54, 1.807) is 6.07 Å². The monoisotopic (exact) mass is 544 g/mol. The molecule has 216 valence electrons. The van der Waals surface area contributed by atoms with E-state index in [1.807, 2.05) is 18.2 Å². The summed E-state index contributed by atoms with van der Waals surface area (Å²) in [6.07, 6.45) is 14.2. The summed E-state index contributed by atoms with van der Waals surface area (Å²) in [6.45, 7) is 5.25. The molecule has 0 bridgehead atoms. The average Bonchev–Trinajstić information content (AvgIpc) is 2.94. The van der Waals surface area contributed by atoms with Gasteiger partial charge in [-0.15, -0.1) is 0 Å². The fourth-order valence-corrected chi connectivity index (χ4v) is 6.34. The molecule has 2 aromatic carbocycles. The summed E-state index contributed by atoms with van der Waals surface area (Å²) >= 11 is 0. The van der Waals surface area contributed by atoms with Crippen molar-refractivity contribution in [3.8, 4) is 5.75 Å². The highest BCUT2D eigenvalue weighted by atomic mass is 19.2. The molecule has 39 heavy (non-hydrogen) atoms. The number of halogens is 3. The van der Waals surface area contributed by atoms with Gasteiger partial charge in [0.15, 0.2) is 11.6 Å². The predicted molar refractivity (Wildman–Crippen MR) is 152 cm³/mol. The van der Waals surface area contributed by atoms with Crippen molar-refractivity contribution in [2.24, 2.45) is 5.92 Å². The van der Waals surface area contributed by atoms with Crippen molar-refractivity contribution in [1.82, 2.24) is 0 Å². The Kier molecular flexibility index (Phi) is 11.6. The fraction of sp³-hybridized carbons (Fsp3) is 0.647. The third kappa shape index (κ3) is 8.49. The number of hydrogen-bond donors (Lipinski definition) is 0. The van der Waals surface area contributed by atoms with Gasteiger partial charge in [-0.25, -0.2) is 13.2 Å². The van der Waals surface area contributed by atoms with Gasteiger partial charge in [0.2, 0.25) is 0 Å². The van der Waals surface area contributed by atoms with Crippen LogP contribution in [0.1, 0.15) is 132 Å². The van der Waals surface area contributed by atoms with E-state index in [1.165, 1.54) is 31.7 Å². The highest BCUT2D eigenvalue weighted by Crippen LogP contribution is 2.41. The topological polar surface area (TPSA) is 18.5 Å². The maximum absolute atomic E-state index is 15.1. The number of hydrogen-bond acceptors (Lipinski definition) is 2. The number of benzene rings is 2. The molecule has 0 aliphatic heterocycles. The molecule has 2 aliphatic rings. The third-order valence-electron chi connectivity index (χ3n) is 8.98. The second-order valence-corrected chi connectivity index (χ2v) is 12.0. The first-order chi connectivity index (χ1) is 19.0. The van der Waals surface area contributed by atoms with Gasteiger partial charge in [0.05, 0.1) is 19.3 Å². The lowest BCUT2D eigenvalue weighted by atomic mass is 9.77. The first-order valence-corrected chi connectivity index (χ1v) is 15.5. The molecule has 2 aliphatic carbocycles. The van der Waals surface area contributed by atoms with Crippen LogP contribution in [0.4, 0.5) is 13.2 Å². The van der Waals surface area contributed by atoms with Crippen LogP contribution in [0.25, 0.3) is 0 Å². The maximum Gasteiger partial charge on any atom is 0.162 e. The van der Waals surface area contributed by atoms with Crippen LogP contribution in [-0.2, 0) is 11.3 Å². The largest absolute Gasteiger partial charge is 0.493 e. The molecule has 0 unspecified atom stereocenters. The van der Waals surface area contributed by atoms with Gasteiger partial charge in [-0.3, -0.25) is 0 Å². The Morgan fingerprint density at radius 2 is 1.31 bits per heavy atom. The van der Waals surface area contributed by atoms with Crippen LogP contribution in [0, 0.1) is 23.4 Å². The zero-order valence-electron chi connectivity index (χ0n) is 24.0. The van der Waals surface area contributed by atoms with E-state index in [0.717, 1.165) is 64.2 Å². The third-order valence-corrected chi connectivity index (χ3v) is 8.98. The normalized spacial score (nSPS) is 23.6. The molecule has 2 nitrogen and oxygen atoms in total. The summed E-state index contributed by atoms with van der Waals surface area (Å²) in [5.74, 6) is -0.236. The van der Waals surface area contributed by atoms with Crippen LogP contribution in [0.5, 0.6) is 5.75 Å². The van der Waals surface area contributed by atoms with Crippen LogP contribution >= 0.6 is 0 Å². The highest BCUT2D eigenvalue weighted by molar-refractivity contribution is 5.32. The molecule has 0 spiro atoms. The molecule has 5 heteroatoms. The Hall–Kier alpha value is -2.01. The second-order valence-electron chi connectivity index (χ2n) is 12.0. The van der Waals surface area contributed by atoms with E-state index in [2.05, 4.69) is 13.8 Å². The van der Waals surface area contributed by atoms with Crippen LogP contribution in [-0.4, -0.2) is 12.7 Å². The molecule has 0 saturated heterocycles. The summed E-state index contributed by atoms with van der Waals surface area (Å²) in [6, 6.07) is 8.65. The van der Waals surface area contributed by atoms with Gasteiger partial charge in [0.25, 0.3) is 0 Å². The summed E-state index contributed by atoms with van der Waals surface area (Å²) in [5.41, 5.74) is 1.58. The predicted octanol–water partition coefficient (Wildman–Crippen LogP) is 10.4. The van der Waals surface area contributed by atoms with E-state index in [-0.39, 0.29) is 30.4 Å². The van der Waals surface area contributed by atoms with Gasteiger partial charge in [0.1, 0.15) is 11.6 Å². The van der Waals surface area contributed by atoms with Crippen molar-refractivity contribution < 1.29 is 22.6 Å². The Morgan fingerprint density at radius 3 is 1.92 bits per heavy atom. The van der Waals surface area contributed by atoms with E-state index in [9.17, 15) is 4.39 Å². The lowest BCUT2D eigenvalue weighted by Gasteiger charge is -2.30. The minimum Gasteiger partial charge on any atom is -0.493 e. The van der Waals surface area contributed by atoms with Crippen LogP contribution in [0.2, 0.25) is 0 Å². The van der Waals surface area contributed by atoms with Gasteiger partial charge in [-0.05, 0) is 79.9 Å². The SMILES string of the molecule is CCCCCCCCOc1ccc(COC2CCC(c3ccc(C4CCC(C)CC4)c(F)c3F)CC2)c(F)c1. The molecule has 0 heterocycles. The minimum atomic E-state index is -0.656. The summed E-state index contributed by atoms with van der Waals surface area (Å²) in [5, 5.41) is 0. The zero-order valence-corrected chi connectivity index (χ0v) is 24.0. The fourth-order valence-electron chi connectivity index (χ4n) is 6.34. The summed E-state index contributed by atoms with van der Waals surface area (Å²) in [7, 11) is 0. The molecule has 4 rings (SSSR count). The van der Waals surface area contributed by atoms with Crippen LogP contribution in [0.3, 0.4) is 0 Å². The molecule has 2 saturated carbocycles. The number of ether oxygens (including phenoxy) is 2. The number of rotatable bonds is 13. The molecule has 2 fully saturated rings. The number of unbranched alkanes of at least 4 members (excludes halogenated alkanes) is 5. The molecule has 0 radical (unpaired) electrons. The van der Waals surface area contributed by atoms with Gasteiger partial charge in [-0.1, -0.05) is 77.0 Å². The Bertz CT molecular complexity index is 1020. The van der Waals surface area contributed by atoms with E-state index in [4.69, 9.17) is 9.47 Å². The summed E-state index contributed by atoms with van der Waals surface area (Å²) in [4.78, 5) is 0. The zero-order chi connectivity index (χ0) is 27.6. The van der Waals surface area contributed by atoms with Gasteiger partial charge in [-0.2, -0.15) is 0 Å². The van der Waals surface area contributed by atoms with Crippen molar-refractivity contribution in [1.29, 1.82) is 0 Å². The van der Waals surface area contributed by atoms with Crippen molar-refractivity contribution in [2.45, 2.75) is 128 Å². The Labute approximate surface area is 233 Å². The molecule has 2 aromatic rings. The lowest BCUT2D eigenvalue weighted by molar-refractivity contribution is 0.0118. The molecular formula is C34H47F3O2. The van der Waals surface area contributed by atoms with Crippen molar-refractivity contribution >= 4 is 0 Å². The smallest absolute Gasteiger partial charge is 0.162 e. The Morgan fingerprint density at radius 1 is 0.718 bits per heavy atom. The van der Waals surface area contributed by atoms with E-state index < -0.39 is 11.6 Å². The first kappa shape index (κ1) is 30.0. The molecular weight excluding hydrogens is 497 g/mol. The van der Waals surface area contributed by atoms with E-state index >= 15 is 8.78 Å². The average molecular weight is 545 g/mol. The second kappa shape index (κ2) is 15.1. The highest BCUT2D eigenvalue weighted by Gasteiger charge is 2.29. The van der Waals surface area contributed by atoms with Gasteiger partial charge < -0.3 is 9.47 Å². The molecule has 0 N–H and O–H groups in total. The molecule has 0 amide bonds.